The van der Waals surface area contributed by atoms with Crippen LogP contribution in [0.25, 0.3) is 6.20 Å². The number of hydrogen-bond acceptors (Lipinski definition) is 4. The van der Waals surface area contributed by atoms with Gasteiger partial charge >= 0.3 is 5.69 Å². The summed E-state index contributed by atoms with van der Waals surface area (Å²) in [5.41, 5.74) is 1.05. The maximum absolute atomic E-state index is 12.0. The molecule has 3 rings (SSSR count). The summed E-state index contributed by atoms with van der Waals surface area (Å²) in [6.07, 6.45) is 4.03. The highest BCUT2D eigenvalue weighted by atomic mass is 16.3. The van der Waals surface area contributed by atoms with Crippen LogP contribution >= 0.6 is 0 Å². The van der Waals surface area contributed by atoms with Crippen LogP contribution < -0.4 is 11.0 Å². The van der Waals surface area contributed by atoms with Gasteiger partial charge in [-0.25, -0.2) is 4.79 Å². The van der Waals surface area contributed by atoms with Gasteiger partial charge in [0.1, 0.15) is 5.82 Å². The fraction of sp³-hybridized carbons (Fsp3) is 0.188. The van der Waals surface area contributed by atoms with E-state index in [1.807, 2.05) is 6.07 Å². The van der Waals surface area contributed by atoms with E-state index in [0.717, 1.165) is 12.0 Å². The minimum absolute atomic E-state index is 0.0965. The summed E-state index contributed by atoms with van der Waals surface area (Å²) < 4.78 is 1.35. The molecule has 112 valence electrons. The minimum Gasteiger partial charge on any atom is -0.396 e. The van der Waals surface area contributed by atoms with E-state index in [-0.39, 0.29) is 24.2 Å². The van der Waals surface area contributed by atoms with Crippen molar-refractivity contribution in [3.8, 4) is 0 Å². The number of nitrogens with one attached hydrogen (secondary N) is 1. The smallest absolute Gasteiger partial charge is 0.353 e. The maximum Gasteiger partial charge on any atom is 0.353 e. The Morgan fingerprint density at radius 3 is 2.77 bits per heavy atom. The molecule has 6 nitrogen and oxygen atoms in total. The van der Waals surface area contributed by atoms with Crippen molar-refractivity contribution in [2.24, 2.45) is 5.92 Å². The van der Waals surface area contributed by atoms with Crippen molar-refractivity contribution in [1.82, 2.24) is 9.55 Å². The number of aromatic nitrogens is 2. The molecule has 1 unspecified atom stereocenters. The number of carbonyl (C=O) groups excluding carboxylic acids is 1. The second-order valence-electron chi connectivity index (χ2n) is 5.11. The van der Waals surface area contributed by atoms with E-state index in [1.165, 1.54) is 4.57 Å². The van der Waals surface area contributed by atoms with E-state index in [2.05, 4.69) is 10.3 Å². The topological polar surface area (TPSA) is 84.2 Å². The number of nitrogens with zero attached hydrogens (tertiary/aromatic N) is 2. The molecule has 1 aliphatic carbocycles. The third kappa shape index (κ3) is 3.12. The van der Waals surface area contributed by atoms with Gasteiger partial charge in [-0.2, -0.15) is 4.98 Å². The molecule has 22 heavy (non-hydrogen) atoms. The maximum atomic E-state index is 12.0. The van der Waals surface area contributed by atoms with E-state index in [4.69, 9.17) is 5.11 Å². The highest BCUT2D eigenvalue weighted by Gasteiger charge is 2.28. The van der Waals surface area contributed by atoms with Gasteiger partial charge < -0.3 is 10.4 Å². The largest absolute Gasteiger partial charge is 0.396 e. The Labute approximate surface area is 126 Å². The van der Waals surface area contributed by atoms with Crippen molar-refractivity contribution < 1.29 is 9.90 Å². The lowest BCUT2D eigenvalue weighted by atomic mass is 10.2. The van der Waals surface area contributed by atoms with Gasteiger partial charge in [-0.15, -0.1) is 0 Å². The van der Waals surface area contributed by atoms with Gasteiger partial charge in [-0.1, -0.05) is 18.2 Å². The molecule has 0 saturated heterocycles. The van der Waals surface area contributed by atoms with Crippen LogP contribution in [0.4, 0.5) is 5.82 Å². The molecule has 1 atom stereocenters. The zero-order valence-corrected chi connectivity index (χ0v) is 11.8. The van der Waals surface area contributed by atoms with Crippen molar-refractivity contribution >= 4 is 17.9 Å². The third-order valence-electron chi connectivity index (χ3n) is 3.48. The first kappa shape index (κ1) is 14.2. The van der Waals surface area contributed by atoms with Crippen molar-refractivity contribution in [3.63, 3.8) is 0 Å². The predicted molar refractivity (Wildman–Crippen MR) is 82.4 cm³/mol. The van der Waals surface area contributed by atoms with Gasteiger partial charge in [0.25, 0.3) is 5.91 Å². The lowest BCUT2D eigenvalue weighted by Crippen LogP contribution is -2.22. The van der Waals surface area contributed by atoms with Crippen LogP contribution in [-0.2, 0) is 0 Å². The van der Waals surface area contributed by atoms with E-state index in [0.29, 0.717) is 5.56 Å². The fourth-order valence-corrected chi connectivity index (χ4v) is 2.10. The van der Waals surface area contributed by atoms with Crippen LogP contribution in [0.3, 0.4) is 0 Å². The van der Waals surface area contributed by atoms with Gasteiger partial charge in [-0.05, 0) is 30.2 Å². The normalized spacial score (nSPS) is 18.2. The van der Waals surface area contributed by atoms with Crippen molar-refractivity contribution in [2.45, 2.75) is 6.42 Å². The standard InChI is InChI=1S/C16H15N3O3/c20-10-13-8-12(13)9-19-7-6-14(18-16(19)22)17-15(21)11-4-2-1-3-5-11/h1-7,9,13,20H,8,10H2,(H,17,18,21,22). The molecule has 0 bridgehead atoms. The lowest BCUT2D eigenvalue weighted by Gasteiger charge is -2.04. The average molecular weight is 297 g/mol. The molecular formula is C16H15N3O3. The molecule has 1 aliphatic rings. The van der Waals surface area contributed by atoms with E-state index in [9.17, 15) is 9.59 Å². The van der Waals surface area contributed by atoms with Crippen molar-refractivity contribution in [1.29, 1.82) is 0 Å². The molecule has 1 saturated carbocycles. The van der Waals surface area contributed by atoms with Crippen LogP contribution in [0, 0.1) is 5.92 Å². The first-order valence-corrected chi connectivity index (χ1v) is 6.94. The van der Waals surface area contributed by atoms with Crippen LogP contribution in [0.15, 0.2) is 53.0 Å². The quantitative estimate of drug-likeness (QED) is 0.892. The monoisotopic (exact) mass is 297 g/mol. The Bertz CT molecular complexity index is 781. The summed E-state index contributed by atoms with van der Waals surface area (Å²) in [5.74, 6) is 0.0542. The summed E-state index contributed by atoms with van der Waals surface area (Å²) in [6.45, 7) is 0.0965. The fourth-order valence-electron chi connectivity index (χ4n) is 2.10. The molecule has 1 amide bonds. The summed E-state index contributed by atoms with van der Waals surface area (Å²) in [4.78, 5) is 27.7. The third-order valence-corrected chi connectivity index (χ3v) is 3.48. The number of hydrogen-bond donors (Lipinski definition) is 2. The highest BCUT2D eigenvalue weighted by Crippen LogP contribution is 2.37. The Morgan fingerprint density at radius 2 is 2.14 bits per heavy atom. The molecule has 1 aromatic heterocycles. The molecule has 0 aliphatic heterocycles. The summed E-state index contributed by atoms with van der Waals surface area (Å²) in [7, 11) is 0. The molecular weight excluding hydrogens is 282 g/mol. The number of aliphatic hydroxyl groups excluding tert-OH is 1. The lowest BCUT2D eigenvalue weighted by molar-refractivity contribution is 0.102. The number of rotatable bonds is 4. The number of benzene rings is 1. The van der Waals surface area contributed by atoms with E-state index in [1.54, 1.807) is 42.7 Å². The van der Waals surface area contributed by atoms with Crippen molar-refractivity contribution in [3.05, 3.63) is 64.2 Å². The van der Waals surface area contributed by atoms with Gasteiger partial charge in [0.05, 0.1) is 0 Å². The second kappa shape index (κ2) is 5.95. The second-order valence-corrected chi connectivity index (χ2v) is 5.11. The van der Waals surface area contributed by atoms with Crippen LogP contribution in [-0.4, -0.2) is 27.2 Å². The van der Waals surface area contributed by atoms with E-state index < -0.39 is 5.69 Å². The Balaban J connectivity index is 1.74. The van der Waals surface area contributed by atoms with Crippen LogP contribution in [0.5, 0.6) is 0 Å². The van der Waals surface area contributed by atoms with Gasteiger partial charge in [0.2, 0.25) is 0 Å². The molecule has 0 radical (unpaired) electrons. The first-order valence-electron chi connectivity index (χ1n) is 6.94. The van der Waals surface area contributed by atoms with Gasteiger partial charge in [0.15, 0.2) is 0 Å². The summed E-state index contributed by atoms with van der Waals surface area (Å²) in [5, 5.41) is 11.6. The molecule has 2 N–H and O–H groups in total. The predicted octanol–water partition coefficient (Wildman–Crippen LogP) is 1.35. The summed E-state index contributed by atoms with van der Waals surface area (Å²) in [6, 6.07) is 10.3. The zero-order valence-electron chi connectivity index (χ0n) is 11.8. The zero-order chi connectivity index (χ0) is 15.5. The SMILES string of the molecule is O=C(Nc1ccn(C=C2CC2CO)c(=O)n1)c1ccccc1. The highest BCUT2D eigenvalue weighted by molar-refractivity contribution is 6.03. The number of amides is 1. The molecule has 1 aromatic carbocycles. The Morgan fingerprint density at radius 1 is 1.36 bits per heavy atom. The van der Waals surface area contributed by atoms with E-state index >= 15 is 0 Å². The Kier molecular flexibility index (Phi) is 3.84. The Hall–Kier alpha value is -2.73. The van der Waals surface area contributed by atoms with Gasteiger partial charge in [-0.3, -0.25) is 9.36 Å². The molecule has 6 heteroatoms. The van der Waals surface area contributed by atoms with Crippen molar-refractivity contribution in [2.75, 3.05) is 11.9 Å². The molecule has 2 aromatic rings. The molecule has 1 fully saturated rings. The molecule has 1 heterocycles. The van der Waals surface area contributed by atoms with Crippen LogP contribution in [0.1, 0.15) is 16.8 Å². The first-order chi connectivity index (χ1) is 10.7. The number of anilines is 1. The number of carbonyl (C=O) groups is 1. The van der Waals surface area contributed by atoms with Gasteiger partial charge in [0, 0.05) is 30.5 Å². The number of aliphatic hydroxyl groups is 1. The minimum atomic E-state index is -0.470. The average Bonchev–Trinajstić information content (AvgIpc) is 3.29. The summed E-state index contributed by atoms with van der Waals surface area (Å²) >= 11 is 0. The van der Waals surface area contributed by atoms with Crippen LogP contribution in [0.2, 0.25) is 0 Å². The molecule has 0 spiro atoms.